The minimum absolute atomic E-state index is 0.0516. The predicted octanol–water partition coefficient (Wildman–Crippen LogP) is 1.14. The lowest BCUT2D eigenvalue weighted by Crippen LogP contribution is -2.18. The number of hydrogen-bond donors (Lipinski definition) is 1. The summed E-state index contributed by atoms with van der Waals surface area (Å²) in [4.78, 5) is 12.1. The van der Waals surface area contributed by atoms with Gasteiger partial charge in [0.1, 0.15) is 0 Å². The van der Waals surface area contributed by atoms with Crippen molar-refractivity contribution < 1.29 is 22.7 Å². The van der Waals surface area contributed by atoms with E-state index in [2.05, 4.69) is 0 Å². The second-order valence-electron chi connectivity index (χ2n) is 5.31. The van der Waals surface area contributed by atoms with Gasteiger partial charge in [-0.25, -0.2) is 18.4 Å². The fraction of sp³-hybridized carbons (Fsp3) is 0.500. The molecule has 0 bridgehead atoms. The lowest BCUT2D eigenvalue weighted by Gasteiger charge is -2.12. The van der Waals surface area contributed by atoms with Crippen molar-refractivity contribution in [1.82, 2.24) is 0 Å². The van der Waals surface area contributed by atoms with Gasteiger partial charge in [0.05, 0.1) is 23.7 Å². The Morgan fingerprint density at radius 3 is 2.67 bits per heavy atom. The van der Waals surface area contributed by atoms with Crippen LogP contribution in [-0.2, 0) is 19.5 Å². The quantitative estimate of drug-likeness (QED) is 0.841. The molecule has 1 aromatic carbocycles. The second kappa shape index (κ2) is 6.13. The highest BCUT2D eigenvalue weighted by Gasteiger charge is 2.21. The summed E-state index contributed by atoms with van der Waals surface area (Å²) in [5.41, 5.74) is 1.40. The highest BCUT2D eigenvalue weighted by Crippen LogP contribution is 2.21. The van der Waals surface area contributed by atoms with E-state index in [4.69, 9.17) is 14.6 Å². The number of sulfonamides is 1. The number of primary sulfonamides is 1. The van der Waals surface area contributed by atoms with Crippen LogP contribution in [0.3, 0.4) is 0 Å². The van der Waals surface area contributed by atoms with Crippen molar-refractivity contribution in [3.63, 3.8) is 0 Å². The van der Waals surface area contributed by atoms with Gasteiger partial charge in [-0.3, -0.25) is 0 Å². The molecule has 116 valence electrons. The molecule has 1 fully saturated rings. The third kappa shape index (κ3) is 3.81. The number of aryl methyl sites for hydroxylation is 2. The van der Waals surface area contributed by atoms with Gasteiger partial charge in [-0.1, -0.05) is 6.07 Å². The van der Waals surface area contributed by atoms with Crippen molar-refractivity contribution in [1.29, 1.82) is 0 Å². The first-order valence-corrected chi connectivity index (χ1v) is 8.22. The van der Waals surface area contributed by atoms with E-state index in [1.165, 1.54) is 6.07 Å². The Morgan fingerprint density at radius 1 is 1.38 bits per heavy atom. The molecule has 21 heavy (non-hydrogen) atoms. The maximum absolute atomic E-state index is 12.1. The number of nitrogens with two attached hydrogens (primary N) is 1. The zero-order valence-corrected chi connectivity index (χ0v) is 12.9. The van der Waals surface area contributed by atoms with Crippen molar-refractivity contribution in [3.05, 3.63) is 28.8 Å². The molecule has 0 radical (unpaired) electrons. The molecule has 0 spiro atoms. The molecular formula is C14H19NO5S. The topological polar surface area (TPSA) is 95.7 Å². The minimum Gasteiger partial charge on any atom is -0.462 e. The van der Waals surface area contributed by atoms with Crippen LogP contribution in [0.4, 0.5) is 0 Å². The smallest absolute Gasteiger partial charge is 0.338 e. The molecule has 1 heterocycles. The molecule has 0 amide bonds. The van der Waals surface area contributed by atoms with Crippen LogP contribution >= 0.6 is 0 Å². The number of rotatable bonds is 4. The van der Waals surface area contributed by atoms with Gasteiger partial charge >= 0.3 is 5.97 Å². The first-order valence-electron chi connectivity index (χ1n) is 6.68. The van der Waals surface area contributed by atoms with Crippen LogP contribution in [0, 0.1) is 19.8 Å². The Hall–Kier alpha value is -1.44. The van der Waals surface area contributed by atoms with E-state index in [0.717, 1.165) is 6.42 Å². The molecular weight excluding hydrogens is 294 g/mol. The third-order valence-electron chi connectivity index (χ3n) is 3.52. The molecule has 0 aromatic heterocycles. The Labute approximate surface area is 124 Å². The fourth-order valence-electron chi connectivity index (χ4n) is 2.34. The second-order valence-corrected chi connectivity index (χ2v) is 6.84. The van der Waals surface area contributed by atoms with E-state index in [-0.39, 0.29) is 23.0 Å². The molecule has 7 heteroatoms. The van der Waals surface area contributed by atoms with Gasteiger partial charge in [-0.2, -0.15) is 0 Å². The van der Waals surface area contributed by atoms with E-state index in [1.807, 2.05) is 0 Å². The normalized spacial score (nSPS) is 18.7. The molecule has 2 N–H and O–H groups in total. The molecule has 1 saturated heterocycles. The van der Waals surface area contributed by atoms with Gasteiger partial charge in [0.25, 0.3) is 0 Å². The molecule has 0 aliphatic carbocycles. The van der Waals surface area contributed by atoms with Gasteiger partial charge in [-0.05, 0) is 37.5 Å². The maximum atomic E-state index is 12.1. The van der Waals surface area contributed by atoms with Crippen LogP contribution in [0.1, 0.15) is 27.9 Å². The van der Waals surface area contributed by atoms with Crippen molar-refractivity contribution in [2.75, 3.05) is 19.8 Å². The van der Waals surface area contributed by atoms with Gasteiger partial charge in [0.15, 0.2) is 0 Å². The molecule has 1 aromatic rings. The monoisotopic (exact) mass is 313 g/mol. The average molecular weight is 313 g/mol. The number of carbonyl (C=O) groups is 1. The average Bonchev–Trinajstić information content (AvgIpc) is 2.87. The van der Waals surface area contributed by atoms with Crippen LogP contribution in [-0.4, -0.2) is 34.2 Å². The minimum atomic E-state index is -3.86. The van der Waals surface area contributed by atoms with E-state index in [9.17, 15) is 13.2 Å². The summed E-state index contributed by atoms with van der Waals surface area (Å²) in [5, 5.41) is 5.15. The summed E-state index contributed by atoms with van der Waals surface area (Å²) in [5.74, 6) is -0.332. The summed E-state index contributed by atoms with van der Waals surface area (Å²) >= 11 is 0. The Balaban J connectivity index is 2.20. The first-order chi connectivity index (χ1) is 9.79. The highest BCUT2D eigenvalue weighted by molar-refractivity contribution is 7.89. The molecule has 2 rings (SSSR count). The fourth-order valence-corrected chi connectivity index (χ4v) is 3.13. The van der Waals surface area contributed by atoms with E-state index in [1.54, 1.807) is 19.9 Å². The SMILES string of the molecule is Cc1cc(C)c(S(N)(=O)=O)cc1C(=O)OCC1CCOC1. The standard InChI is InChI=1S/C14H19NO5S/c1-9-5-10(2)13(21(15,17)18)6-12(9)14(16)20-8-11-3-4-19-7-11/h5-6,11H,3-4,7-8H2,1-2H3,(H2,15,17,18). The molecule has 6 nitrogen and oxygen atoms in total. The Kier molecular flexibility index (Phi) is 4.65. The van der Waals surface area contributed by atoms with Crippen LogP contribution in [0.5, 0.6) is 0 Å². The highest BCUT2D eigenvalue weighted by atomic mass is 32.2. The Bertz CT molecular complexity index is 648. The first kappa shape index (κ1) is 15.9. The maximum Gasteiger partial charge on any atom is 0.338 e. The van der Waals surface area contributed by atoms with Gasteiger partial charge in [0.2, 0.25) is 10.0 Å². The van der Waals surface area contributed by atoms with Crippen LogP contribution < -0.4 is 5.14 Å². The number of benzene rings is 1. The van der Waals surface area contributed by atoms with Crippen molar-refractivity contribution in [2.45, 2.75) is 25.2 Å². The van der Waals surface area contributed by atoms with Crippen molar-refractivity contribution in [3.8, 4) is 0 Å². The third-order valence-corrected chi connectivity index (χ3v) is 4.58. The van der Waals surface area contributed by atoms with Gasteiger partial charge in [-0.15, -0.1) is 0 Å². The number of hydrogen-bond acceptors (Lipinski definition) is 5. The van der Waals surface area contributed by atoms with Crippen molar-refractivity contribution >= 4 is 16.0 Å². The molecule has 1 unspecified atom stereocenters. The predicted molar refractivity (Wildman–Crippen MR) is 76.5 cm³/mol. The number of carbonyl (C=O) groups excluding carboxylic acids is 1. The van der Waals surface area contributed by atoms with E-state index >= 15 is 0 Å². The van der Waals surface area contributed by atoms with E-state index < -0.39 is 16.0 Å². The summed E-state index contributed by atoms with van der Waals surface area (Å²) in [6.07, 6.45) is 0.864. The lowest BCUT2D eigenvalue weighted by atomic mass is 10.1. The number of esters is 1. The van der Waals surface area contributed by atoms with Gasteiger partial charge < -0.3 is 9.47 Å². The number of ether oxygens (including phenoxy) is 2. The molecule has 1 atom stereocenters. The van der Waals surface area contributed by atoms with Crippen LogP contribution in [0.15, 0.2) is 17.0 Å². The molecule has 1 aliphatic heterocycles. The molecule has 1 aliphatic rings. The zero-order chi connectivity index (χ0) is 15.6. The van der Waals surface area contributed by atoms with Crippen molar-refractivity contribution in [2.24, 2.45) is 11.1 Å². The molecule has 0 saturated carbocycles. The summed E-state index contributed by atoms with van der Waals surface area (Å²) in [7, 11) is -3.86. The van der Waals surface area contributed by atoms with E-state index in [0.29, 0.717) is 24.3 Å². The largest absolute Gasteiger partial charge is 0.462 e. The lowest BCUT2D eigenvalue weighted by molar-refractivity contribution is 0.0427. The zero-order valence-electron chi connectivity index (χ0n) is 12.1. The summed E-state index contributed by atoms with van der Waals surface area (Å²) in [6.45, 7) is 4.91. The summed E-state index contributed by atoms with van der Waals surface area (Å²) < 4.78 is 33.5. The summed E-state index contributed by atoms with van der Waals surface area (Å²) in [6, 6.07) is 2.91. The Morgan fingerprint density at radius 2 is 2.10 bits per heavy atom. The van der Waals surface area contributed by atoms with Crippen LogP contribution in [0.25, 0.3) is 0 Å². The van der Waals surface area contributed by atoms with Crippen LogP contribution in [0.2, 0.25) is 0 Å². The van der Waals surface area contributed by atoms with Gasteiger partial charge in [0, 0.05) is 12.5 Å².